The second-order valence-electron chi connectivity index (χ2n) is 8.51. The lowest BCUT2D eigenvalue weighted by Crippen LogP contribution is -2.40. The fraction of sp³-hybridized carbons (Fsp3) is 0.269. The third-order valence-electron chi connectivity index (χ3n) is 6.26. The molecule has 7 heteroatoms. The van der Waals surface area contributed by atoms with Gasteiger partial charge in [-0.2, -0.15) is 0 Å². The summed E-state index contributed by atoms with van der Waals surface area (Å²) in [5.41, 5.74) is 3.93. The van der Waals surface area contributed by atoms with Crippen molar-refractivity contribution in [3.8, 4) is 11.3 Å². The van der Waals surface area contributed by atoms with Gasteiger partial charge in [0, 0.05) is 39.9 Å². The van der Waals surface area contributed by atoms with Crippen LogP contribution in [-0.4, -0.2) is 28.1 Å². The van der Waals surface area contributed by atoms with E-state index in [0.717, 1.165) is 47.8 Å². The normalized spacial score (nSPS) is 18.2. The average molecular weight is 461 g/mol. The van der Waals surface area contributed by atoms with Crippen molar-refractivity contribution in [2.75, 3.05) is 5.32 Å². The Hall–Kier alpha value is -3.38. The number of halogens is 1. The van der Waals surface area contributed by atoms with Gasteiger partial charge in [0.05, 0.1) is 5.52 Å². The summed E-state index contributed by atoms with van der Waals surface area (Å²) in [7, 11) is 0. The van der Waals surface area contributed by atoms with Gasteiger partial charge in [0.1, 0.15) is 17.0 Å². The van der Waals surface area contributed by atoms with Gasteiger partial charge in [-0.15, -0.1) is 0 Å². The first-order valence-corrected chi connectivity index (χ1v) is 11.6. The summed E-state index contributed by atoms with van der Waals surface area (Å²) in [5.74, 6) is 0.410. The quantitative estimate of drug-likeness (QED) is 0.381. The number of anilines is 1. The maximum Gasteiger partial charge on any atom is 0.257 e. The number of nitrogens with one attached hydrogen (secondary N) is 2. The van der Waals surface area contributed by atoms with Gasteiger partial charge in [-0.3, -0.25) is 9.78 Å². The van der Waals surface area contributed by atoms with Gasteiger partial charge in [-0.05, 0) is 56.9 Å². The number of hydrogen-bond acceptors (Lipinski definition) is 5. The van der Waals surface area contributed by atoms with Gasteiger partial charge < -0.3 is 15.2 Å². The van der Waals surface area contributed by atoms with E-state index in [9.17, 15) is 4.79 Å². The smallest absolute Gasteiger partial charge is 0.257 e. The van der Waals surface area contributed by atoms with Crippen molar-refractivity contribution in [3.63, 3.8) is 0 Å². The van der Waals surface area contributed by atoms with Crippen molar-refractivity contribution in [2.24, 2.45) is 0 Å². The predicted molar refractivity (Wildman–Crippen MR) is 131 cm³/mol. The number of aryl methyl sites for hydroxylation is 1. The van der Waals surface area contributed by atoms with E-state index in [-0.39, 0.29) is 11.9 Å². The Kier molecular flexibility index (Phi) is 6.01. The summed E-state index contributed by atoms with van der Waals surface area (Å²) >= 11 is 6.11. The predicted octanol–water partition coefficient (Wildman–Crippen LogP) is 6.00. The van der Waals surface area contributed by atoms with Crippen LogP contribution in [0.2, 0.25) is 5.02 Å². The molecule has 168 valence electrons. The molecule has 4 aromatic rings. The number of fused-ring (bicyclic) bond motifs is 1. The van der Waals surface area contributed by atoms with Crippen LogP contribution >= 0.6 is 11.6 Å². The van der Waals surface area contributed by atoms with Crippen LogP contribution in [0.5, 0.6) is 0 Å². The van der Waals surface area contributed by atoms with E-state index in [1.54, 1.807) is 13.1 Å². The molecular weight excluding hydrogens is 436 g/mol. The topological polar surface area (TPSA) is 80.0 Å². The highest BCUT2D eigenvalue weighted by atomic mass is 35.5. The molecule has 0 aliphatic heterocycles. The molecule has 2 aromatic carbocycles. The minimum atomic E-state index is -0.124. The highest BCUT2D eigenvalue weighted by Gasteiger charge is 2.27. The van der Waals surface area contributed by atoms with E-state index in [1.807, 2.05) is 54.6 Å². The molecule has 1 fully saturated rings. The van der Waals surface area contributed by atoms with Crippen LogP contribution in [0.15, 0.2) is 65.3 Å². The largest absolute Gasteiger partial charge is 0.382 e. The van der Waals surface area contributed by atoms with Crippen LogP contribution in [0.4, 0.5) is 5.69 Å². The Morgan fingerprint density at radius 3 is 2.58 bits per heavy atom. The van der Waals surface area contributed by atoms with E-state index in [2.05, 4.69) is 20.8 Å². The lowest BCUT2D eigenvalue weighted by molar-refractivity contribution is 0.0925. The summed E-state index contributed by atoms with van der Waals surface area (Å²) in [5, 5.41) is 12.7. The summed E-state index contributed by atoms with van der Waals surface area (Å²) in [6, 6.07) is 17.9. The van der Waals surface area contributed by atoms with Crippen LogP contribution in [-0.2, 0) is 0 Å². The number of carbonyl (C=O) groups is 1. The van der Waals surface area contributed by atoms with Crippen molar-refractivity contribution in [3.05, 3.63) is 77.1 Å². The molecule has 0 spiro atoms. The van der Waals surface area contributed by atoms with Crippen molar-refractivity contribution in [1.82, 2.24) is 15.5 Å². The summed E-state index contributed by atoms with van der Waals surface area (Å²) < 4.78 is 5.35. The molecule has 1 amide bonds. The molecule has 2 aromatic heterocycles. The Balaban J connectivity index is 1.22. The lowest BCUT2D eigenvalue weighted by Gasteiger charge is -2.30. The van der Waals surface area contributed by atoms with E-state index in [0.29, 0.717) is 28.1 Å². The SMILES string of the molecule is Cc1onc(-c2ccccc2)c1C(=O)NC1CCC(Nc2ccnc3cc(Cl)ccc23)CC1. The molecule has 1 saturated carbocycles. The number of amides is 1. The monoisotopic (exact) mass is 460 g/mol. The zero-order chi connectivity index (χ0) is 22.8. The molecule has 1 aliphatic carbocycles. The Morgan fingerprint density at radius 1 is 1.03 bits per heavy atom. The first-order chi connectivity index (χ1) is 16.1. The van der Waals surface area contributed by atoms with Gasteiger partial charge in [-0.25, -0.2) is 0 Å². The van der Waals surface area contributed by atoms with E-state index < -0.39 is 0 Å². The molecule has 5 rings (SSSR count). The molecule has 0 radical (unpaired) electrons. The number of nitrogens with zero attached hydrogens (tertiary/aromatic N) is 2. The van der Waals surface area contributed by atoms with Crippen LogP contribution < -0.4 is 10.6 Å². The molecule has 2 N–H and O–H groups in total. The van der Waals surface area contributed by atoms with Gasteiger partial charge in [0.2, 0.25) is 0 Å². The van der Waals surface area contributed by atoms with Crippen LogP contribution in [0, 0.1) is 6.92 Å². The second kappa shape index (κ2) is 9.24. The Bertz CT molecular complexity index is 1280. The molecule has 0 saturated heterocycles. The number of rotatable bonds is 5. The first kappa shape index (κ1) is 21.5. The van der Waals surface area contributed by atoms with Gasteiger partial charge >= 0.3 is 0 Å². The number of pyridine rings is 1. The molecule has 0 atom stereocenters. The van der Waals surface area contributed by atoms with Gasteiger partial charge in [0.15, 0.2) is 0 Å². The van der Waals surface area contributed by atoms with Crippen molar-refractivity contribution < 1.29 is 9.32 Å². The van der Waals surface area contributed by atoms with E-state index in [4.69, 9.17) is 16.1 Å². The van der Waals surface area contributed by atoms with Gasteiger partial charge in [-0.1, -0.05) is 47.1 Å². The molecule has 33 heavy (non-hydrogen) atoms. The standard InChI is InChI=1S/C26H25ClN4O2/c1-16-24(25(31-33-16)17-5-3-2-4-6-17)26(32)30-20-10-8-19(9-11-20)29-22-13-14-28-23-15-18(27)7-12-21(22)23/h2-7,12-15,19-20H,8-11H2,1H3,(H,28,29)(H,30,32). The minimum absolute atomic E-state index is 0.124. The summed E-state index contributed by atoms with van der Waals surface area (Å²) in [4.78, 5) is 17.5. The number of aromatic nitrogens is 2. The third-order valence-corrected chi connectivity index (χ3v) is 6.50. The first-order valence-electron chi connectivity index (χ1n) is 11.2. The molecule has 0 unspecified atom stereocenters. The van der Waals surface area contributed by atoms with Crippen molar-refractivity contribution in [2.45, 2.75) is 44.7 Å². The second-order valence-corrected chi connectivity index (χ2v) is 8.95. The summed E-state index contributed by atoms with van der Waals surface area (Å²) in [6.45, 7) is 1.78. The van der Waals surface area contributed by atoms with Gasteiger partial charge in [0.25, 0.3) is 5.91 Å². The van der Waals surface area contributed by atoms with Crippen LogP contribution in [0.1, 0.15) is 41.8 Å². The molecule has 1 aliphatic rings. The minimum Gasteiger partial charge on any atom is -0.382 e. The summed E-state index contributed by atoms with van der Waals surface area (Å²) in [6.07, 6.45) is 5.55. The van der Waals surface area contributed by atoms with Crippen molar-refractivity contribution >= 4 is 34.1 Å². The maximum absolute atomic E-state index is 13.1. The number of hydrogen-bond donors (Lipinski definition) is 2. The Morgan fingerprint density at radius 2 is 1.79 bits per heavy atom. The van der Waals surface area contributed by atoms with E-state index in [1.165, 1.54) is 0 Å². The van der Waals surface area contributed by atoms with Crippen molar-refractivity contribution in [1.29, 1.82) is 0 Å². The Labute approximate surface area is 197 Å². The van der Waals surface area contributed by atoms with E-state index >= 15 is 0 Å². The number of carbonyl (C=O) groups excluding carboxylic acids is 1. The zero-order valence-corrected chi connectivity index (χ0v) is 19.1. The maximum atomic E-state index is 13.1. The van der Waals surface area contributed by atoms with Crippen LogP contribution in [0.3, 0.4) is 0 Å². The fourth-order valence-electron chi connectivity index (χ4n) is 4.54. The highest BCUT2D eigenvalue weighted by Crippen LogP contribution is 2.29. The molecule has 2 heterocycles. The molecule has 0 bridgehead atoms. The highest BCUT2D eigenvalue weighted by molar-refractivity contribution is 6.31. The number of benzene rings is 2. The van der Waals surface area contributed by atoms with Crippen LogP contribution in [0.25, 0.3) is 22.2 Å². The molecule has 6 nitrogen and oxygen atoms in total. The molecular formula is C26H25ClN4O2. The fourth-order valence-corrected chi connectivity index (χ4v) is 4.71. The zero-order valence-electron chi connectivity index (χ0n) is 18.3. The third kappa shape index (κ3) is 4.57. The average Bonchev–Trinajstić information content (AvgIpc) is 3.22. The lowest BCUT2D eigenvalue weighted by atomic mass is 9.90.